The summed E-state index contributed by atoms with van der Waals surface area (Å²) < 4.78 is 14.6. The zero-order chi connectivity index (χ0) is 18.4. The normalized spacial score (nSPS) is 11.3. The van der Waals surface area contributed by atoms with Crippen LogP contribution in [0.4, 0.5) is 4.39 Å². The van der Waals surface area contributed by atoms with Crippen molar-refractivity contribution in [2.24, 2.45) is 0 Å². The third kappa shape index (κ3) is 5.10. The Morgan fingerprint density at radius 1 is 1.16 bits per heavy atom. The van der Waals surface area contributed by atoms with Gasteiger partial charge in [-0.2, -0.15) is 0 Å². The Kier molecular flexibility index (Phi) is 6.65. The van der Waals surface area contributed by atoms with Gasteiger partial charge in [0.1, 0.15) is 5.82 Å². The van der Waals surface area contributed by atoms with Crippen LogP contribution in [-0.4, -0.2) is 30.1 Å². The molecule has 0 radical (unpaired) electrons. The molecule has 0 aliphatic heterocycles. The first-order valence-electron chi connectivity index (χ1n) is 7.91. The number of Topliss-reactive ketones (excluding diaryl/α,β-unsaturated/α-hetero) is 2. The molecule has 0 unspecified atom stereocenters. The maximum Gasteiger partial charge on any atom is 0.173 e. The molecule has 0 aromatic heterocycles. The molecule has 0 aliphatic carbocycles. The van der Waals surface area contributed by atoms with Crippen LogP contribution in [0.5, 0.6) is 0 Å². The Hall–Kier alpha value is -2.27. The number of hydrogen-bond donors (Lipinski definition) is 0. The Morgan fingerprint density at radius 2 is 1.88 bits per heavy atom. The second-order valence-electron chi connectivity index (χ2n) is 5.63. The van der Waals surface area contributed by atoms with Gasteiger partial charge in [-0.25, -0.2) is 4.39 Å². The van der Waals surface area contributed by atoms with Gasteiger partial charge in [-0.15, -0.1) is 0 Å². The van der Waals surface area contributed by atoms with Gasteiger partial charge in [-0.3, -0.25) is 9.59 Å². The van der Waals surface area contributed by atoms with Crippen molar-refractivity contribution in [1.82, 2.24) is 4.90 Å². The molecule has 2 rings (SSSR count). The smallest absolute Gasteiger partial charge is 0.173 e. The monoisotopic (exact) mass is 403 g/mol. The molecule has 2 aromatic rings. The Bertz CT molecular complexity index is 817. The molecule has 130 valence electrons. The van der Waals surface area contributed by atoms with E-state index < -0.39 is 11.6 Å². The van der Waals surface area contributed by atoms with E-state index in [-0.39, 0.29) is 17.8 Å². The van der Waals surface area contributed by atoms with E-state index in [2.05, 4.69) is 15.9 Å². The number of halogens is 2. The van der Waals surface area contributed by atoms with E-state index in [1.165, 1.54) is 18.2 Å². The number of benzene rings is 2. The second-order valence-corrected chi connectivity index (χ2v) is 6.55. The Labute approximate surface area is 155 Å². The molecule has 0 atom stereocenters. The standard InChI is InChI=1S/C20H19BrFNO2/c1-3-23(2)13-17(14-7-6-8-15(21)11-14)20(25)12-19(24)16-9-4-5-10-18(16)22/h4-11,13H,3,12H2,1-2H3. The van der Waals surface area contributed by atoms with Gasteiger partial charge in [0, 0.05) is 29.8 Å². The lowest BCUT2D eigenvalue weighted by atomic mass is 9.97. The van der Waals surface area contributed by atoms with Crippen LogP contribution in [0, 0.1) is 5.82 Å². The highest BCUT2D eigenvalue weighted by molar-refractivity contribution is 9.10. The van der Waals surface area contributed by atoms with Gasteiger partial charge in [0.25, 0.3) is 0 Å². The fraction of sp³-hybridized carbons (Fsp3) is 0.200. The topological polar surface area (TPSA) is 37.4 Å². The quantitative estimate of drug-likeness (QED) is 0.381. The van der Waals surface area contributed by atoms with Crippen LogP contribution in [0.2, 0.25) is 0 Å². The fourth-order valence-corrected chi connectivity index (χ4v) is 2.70. The van der Waals surface area contributed by atoms with E-state index in [9.17, 15) is 14.0 Å². The minimum atomic E-state index is -0.612. The SMILES string of the molecule is CCN(C)C=C(C(=O)CC(=O)c1ccccc1F)c1cccc(Br)c1. The first kappa shape index (κ1) is 19.1. The highest BCUT2D eigenvalue weighted by Crippen LogP contribution is 2.23. The predicted molar refractivity (Wildman–Crippen MR) is 101 cm³/mol. The number of carbonyl (C=O) groups is 2. The van der Waals surface area contributed by atoms with E-state index >= 15 is 0 Å². The molecule has 25 heavy (non-hydrogen) atoms. The van der Waals surface area contributed by atoms with E-state index in [1.807, 2.05) is 43.1 Å². The lowest BCUT2D eigenvalue weighted by molar-refractivity contribution is -0.113. The maximum absolute atomic E-state index is 13.8. The molecule has 0 N–H and O–H groups in total. The van der Waals surface area contributed by atoms with Crippen molar-refractivity contribution < 1.29 is 14.0 Å². The second kappa shape index (κ2) is 8.72. The van der Waals surface area contributed by atoms with Gasteiger partial charge in [0.05, 0.1) is 12.0 Å². The molecule has 5 heteroatoms. The van der Waals surface area contributed by atoms with Gasteiger partial charge >= 0.3 is 0 Å². The summed E-state index contributed by atoms with van der Waals surface area (Å²) in [7, 11) is 1.85. The van der Waals surface area contributed by atoms with Gasteiger partial charge in [-0.1, -0.05) is 40.2 Å². The molecule has 0 heterocycles. The summed E-state index contributed by atoms with van der Waals surface area (Å²) in [4.78, 5) is 26.9. The van der Waals surface area contributed by atoms with Gasteiger partial charge in [0.15, 0.2) is 11.6 Å². The fourth-order valence-electron chi connectivity index (χ4n) is 2.30. The number of nitrogens with zero attached hydrogens (tertiary/aromatic N) is 1. The summed E-state index contributed by atoms with van der Waals surface area (Å²) in [6, 6.07) is 13.0. The van der Waals surface area contributed by atoms with Crippen LogP contribution < -0.4 is 0 Å². The summed E-state index contributed by atoms with van der Waals surface area (Å²) in [5.74, 6) is -1.48. The van der Waals surface area contributed by atoms with Crippen molar-refractivity contribution in [1.29, 1.82) is 0 Å². The molecule has 3 nitrogen and oxygen atoms in total. The average molecular weight is 404 g/mol. The third-order valence-corrected chi connectivity index (χ3v) is 4.27. The molecule has 0 fully saturated rings. The van der Waals surface area contributed by atoms with Gasteiger partial charge < -0.3 is 4.90 Å². The number of hydrogen-bond acceptors (Lipinski definition) is 3. The van der Waals surface area contributed by atoms with Crippen LogP contribution in [0.25, 0.3) is 5.57 Å². The van der Waals surface area contributed by atoms with Crippen LogP contribution in [0.1, 0.15) is 29.3 Å². The summed E-state index contributed by atoms with van der Waals surface area (Å²) in [5, 5.41) is 0. The maximum atomic E-state index is 13.8. The van der Waals surface area contributed by atoms with E-state index in [0.717, 1.165) is 4.47 Å². The van der Waals surface area contributed by atoms with Crippen molar-refractivity contribution in [2.75, 3.05) is 13.6 Å². The van der Waals surface area contributed by atoms with Crippen molar-refractivity contribution in [3.05, 3.63) is 76.1 Å². The summed E-state index contributed by atoms with van der Waals surface area (Å²) in [6.45, 7) is 2.68. The molecular weight excluding hydrogens is 385 g/mol. The average Bonchev–Trinajstić information content (AvgIpc) is 2.59. The molecule has 0 saturated heterocycles. The number of rotatable bonds is 7. The highest BCUT2D eigenvalue weighted by Gasteiger charge is 2.20. The summed E-state index contributed by atoms with van der Waals surface area (Å²) in [6.07, 6.45) is 1.34. The molecule has 0 spiro atoms. The number of carbonyl (C=O) groups excluding carboxylic acids is 2. The Balaban J connectivity index is 2.31. The van der Waals surface area contributed by atoms with E-state index in [0.29, 0.717) is 17.7 Å². The predicted octanol–water partition coefficient (Wildman–Crippen LogP) is 4.72. The minimum absolute atomic E-state index is 0.0618. The largest absolute Gasteiger partial charge is 0.380 e. The van der Waals surface area contributed by atoms with Crippen LogP contribution in [0.3, 0.4) is 0 Å². The molecule has 0 aliphatic rings. The highest BCUT2D eigenvalue weighted by atomic mass is 79.9. The van der Waals surface area contributed by atoms with Crippen LogP contribution >= 0.6 is 15.9 Å². The van der Waals surface area contributed by atoms with Gasteiger partial charge in [0.2, 0.25) is 0 Å². The minimum Gasteiger partial charge on any atom is -0.380 e. The van der Waals surface area contributed by atoms with E-state index in [4.69, 9.17) is 0 Å². The van der Waals surface area contributed by atoms with Crippen molar-refractivity contribution in [2.45, 2.75) is 13.3 Å². The van der Waals surface area contributed by atoms with Crippen LogP contribution in [-0.2, 0) is 4.79 Å². The van der Waals surface area contributed by atoms with Gasteiger partial charge in [-0.05, 0) is 36.8 Å². The molecule has 2 aromatic carbocycles. The Morgan fingerprint density at radius 3 is 2.52 bits per heavy atom. The van der Waals surface area contributed by atoms with E-state index in [1.54, 1.807) is 12.3 Å². The van der Waals surface area contributed by atoms with Crippen molar-refractivity contribution in [3.63, 3.8) is 0 Å². The summed E-state index contributed by atoms with van der Waals surface area (Å²) >= 11 is 3.39. The molecular formula is C20H19BrFNO2. The summed E-state index contributed by atoms with van der Waals surface area (Å²) in [5.41, 5.74) is 1.07. The molecule has 0 amide bonds. The molecule has 0 saturated carbocycles. The van der Waals surface area contributed by atoms with Crippen LogP contribution in [0.15, 0.2) is 59.2 Å². The van der Waals surface area contributed by atoms with Crippen molar-refractivity contribution >= 4 is 33.1 Å². The van der Waals surface area contributed by atoms with Crippen molar-refractivity contribution in [3.8, 4) is 0 Å². The zero-order valence-corrected chi connectivity index (χ0v) is 15.7. The number of ketones is 2. The first-order valence-corrected chi connectivity index (χ1v) is 8.70. The lowest BCUT2D eigenvalue weighted by Crippen LogP contribution is -2.16. The third-order valence-electron chi connectivity index (χ3n) is 3.78. The zero-order valence-electron chi connectivity index (χ0n) is 14.1. The lowest BCUT2D eigenvalue weighted by Gasteiger charge is -2.15. The molecule has 0 bridgehead atoms. The number of allylic oxidation sites excluding steroid dienone is 1. The first-order chi connectivity index (χ1) is 11.9.